The summed E-state index contributed by atoms with van der Waals surface area (Å²) in [6.45, 7) is 3.01. The minimum Gasteiger partial charge on any atom is -0.376 e. The molecule has 0 radical (unpaired) electrons. The molecule has 37 heavy (non-hydrogen) atoms. The quantitative estimate of drug-likeness (QED) is 0.531. The first-order chi connectivity index (χ1) is 17.3. The Hall–Kier alpha value is -2.12. The lowest BCUT2D eigenvalue weighted by molar-refractivity contribution is -0.258. The summed E-state index contributed by atoms with van der Waals surface area (Å²) in [5, 5.41) is 10.0. The molecular weight excluding hydrogens is 527 g/mol. The molecule has 2 aliphatic heterocycles. The number of alkyl halides is 3. The number of piperazine rings is 1. The van der Waals surface area contributed by atoms with E-state index in [1.165, 1.54) is 34.6 Å². The first kappa shape index (κ1) is 27.9. The van der Waals surface area contributed by atoms with Gasteiger partial charge in [-0.1, -0.05) is 24.3 Å². The van der Waals surface area contributed by atoms with Crippen molar-refractivity contribution in [2.45, 2.75) is 47.4 Å². The molecule has 0 aliphatic carbocycles. The normalized spacial score (nSPS) is 22.2. The van der Waals surface area contributed by atoms with Crippen LogP contribution in [0.3, 0.4) is 0 Å². The number of aliphatic hydroxyl groups is 1. The zero-order valence-corrected chi connectivity index (χ0v) is 22.1. The monoisotopic (exact) mass is 557 g/mol. The lowest BCUT2D eigenvalue weighted by Gasteiger charge is -2.44. The summed E-state index contributed by atoms with van der Waals surface area (Å²) < 4.78 is 68.2. The Morgan fingerprint density at radius 1 is 1.00 bits per heavy atom. The van der Waals surface area contributed by atoms with Crippen LogP contribution >= 0.6 is 12.6 Å². The summed E-state index contributed by atoms with van der Waals surface area (Å²) in [5.74, 6) is 0.193. The average molecular weight is 558 g/mol. The van der Waals surface area contributed by atoms with Crippen molar-refractivity contribution in [1.29, 1.82) is 0 Å². The van der Waals surface area contributed by atoms with E-state index >= 15 is 0 Å². The number of ketones is 1. The van der Waals surface area contributed by atoms with Crippen molar-refractivity contribution < 1.29 is 31.5 Å². The molecule has 7 nitrogen and oxygen atoms in total. The number of piperidine rings is 1. The van der Waals surface area contributed by atoms with Crippen LogP contribution in [0, 0.1) is 0 Å². The van der Waals surface area contributed by atoms with Gasteiger partial charge in [0.1, 0.15) is 5.78 Å². The van der Waals surface area contributed by atoms with Crippen LogP contribution in [0.4, 0.5) is 18.9 Å². The highest BCUT2D eigenvalue weighted by molar-refractivity contribution is 7.90. The highest BCUT2D eigenvalue weighted by atomic mass is 32.2. The summed E-state index contributed by atoms with van der Waals surface area (Å²) in [5.41, 5.74) is -2.63. The molecule has 0 spiro atoms. The zero-order valence-electron chi connectivity index (χ0n) is 20.4. The van der Waals surface area contributed by atoms with Crippen LogP contribution < -0.4 is 4.90 Å². The summed E-state index contributed by atoms with van der Waals surface area (Å²) in [7, 11) is -3.82. The molecule has 1 N–H and O–H groups in total. The zero-order chi connectivity index (χ0) is 27.0. The van der Waals surface area contributed by atoms with Crippen LogP contribution in [0.2, 0.25) is 0 Å². The molecule has 0 saturated carbocycles. The number of anilines is 1. The number of sulfonamides is 1. The Labute approximate surface area is 220 Å². The summed E-state index contributed by atoms with van der Waals surface area (Å²) in [6.07, 6.45) is -3.96. The van der Waals surface area contributed by atoms with Gasteiger partial charge < -0.3 is 14.9 Å². The number of carbonyl (C=O) groups is 1. The molecule has 2 fully saturated rings. The molecular formula is C25H30F3N3O4S2. The minimum atomic E-state index is -4.83. The highest BCUT2D eigenvalue weighted by Gasteiger charge is 2.51. The molecule has 12 heteroatoms. The van der Waals surface area contributed by atoms with E-state index in [0.29, 0.717) is 56.5 Å². The Morgan fingerprint density at radius 3 is 2.22 bits per heavy atom. The van der Waals surface area contributed by atoms with Crippen molar-refractivity contribution >= 4 is 34.1 Å². The molecule has 2 aromatic rings. The van der Waals surface area contributed by atoms with Gasteiger partial charge in [-0.3, -0.25) is 4.79 Å². The molecule has 2 aliphatic rings. The van der Waals surface area contributed by atoms with E-state index in [1.54, 1.807) is 18.2 Å². The van der Waals surface area contributed by atoms with Gasteiger partial charge in [-0.25, -0.2) is 8.42 Å². The fourth-order valence-electron chi connectivity index (χ4n) is 4.78. The van der Waals surface area contributed by atoms with Gasteiger partial charge in [-0.05, 0) is 36.8 Å². The number of likely N-dealkylation sites (tertiary alicyclic amines) is 1. The topological polar surface area (TPSA) is 81.2 Å². The molecule has 0 bridgehead atoms. The molecule has 0 amide bonds. The summed E-state index contributed by atoms with van der Waals surface area (Å²) >= 11 is 4.32. The first-order valence-electron chi connectivity index (χ1n) is 12.0. The van der Waals surface area contributed by atoms with Crippen molar-refractivity contribution in [2.24, 2.45) is 0 Å². The molecule has 0 aromatic heterocycles. The second kappa shape index (κ2) is 10.6. The van der Waals surface area contributed by atoms with Gasteiger partial charge in [-0.2, -0.15) is 17.5 Å². The third kappa shape index (κ3) is 5.83. The lowest BCUT2D eigenvalue weighted by atomic mass is 9.95. The SMILES string of the molecule is CC(O)(c1ccc(N2CCN(S(=O)(=O)c3ccccc3S)C[C@@H]2CN2CCC(=O)CC2)cc1)C(F)(F)F. The number of Topliss-reactive ketones (excluding diaryl/α,β-unsaturated/α-hetero) is 1. The largest absolute Gasteiger partial charge is 0.421 e. The number of thiol groups is 1. The maximum Gasteiger partial charge on any atom is 0.421 e. The first-order valence-corrected chi connectivity index (χ1v) is 13.9. The van der Waals surface area contributed by atoms with Gasteiger partial charge in [0, 0.05) is 62.7 Å². The van der Waals surface area contributed by atoms with E-state index in [-0.39, 0.29) is 35.4 Å². The van der Waals surface area contributed by atoms with Crippen LogP contribution in [0.5, 0.6) is 0 Å². The van der Waals surface area contributed by atoms with Gasteiger partial charge in [0.05, 0.1) is 10.9 Å². The molecule has 4 rings (SSSR count). The van der Waals surface area contributed by atoms with E-state index in [1.807, 2.05) is 4.90 Å². The fraction of sp³-hybridized carbons (Fsp3) is 0.480. The van der Waals surface area contributed by atoms with Gasteiger partial charge in [0.25, 0.3) is 0 Å². The standard InChI is InChI=1S/C25H30F3N3O4S2/c1-24(33,25(26,27)28)18-6-8-19(9-7-18)31-15-14-30(37(34,35)23-5-3-2-4-22(23)36)17-20(31)16-29-12-10-21(32)11-13-29/h2-9,20,33,36H,10-17H2,1H3/t20-,24?/m0/s1. The smallest absolute Gasteiger partial charge is 0.376 e. The summed E-state index contributed by atoms with van der Waals surface area (Å²) in [6, 6.07) is 11.7. The van der Waals surface area contributed by atoms with Crippen LogP contribution in [0.25, 0.3) is 0 Å². The molecule has 2 saturated heterocycles. The van der Waals surface area contributed by atoms with E-state index in [2.05, 4.69) is 17.5 Å². The van der Waals surface area contributed by atoms with Crippen LogP contribution in [0.15, 0.2) is 58.3 Å². The van der Waals surface area contributed by atoms with Gasteiger partial charge >= 0.3 is 6.18 Å². The Morgan fingerprint density at radius 2 is 1.62 bits per heavy atom. The third-order valence-electron chi connectivity index (χ3n) is 7.12. The number of nitrogens with zero attached hydrogens (tertiary/aromatic N) is 3. The number of hydrogen-bond acceptors (Lipinski definition) is 7. The molecule has 2 atom stereocenters. The number of hydrogen-bond donors (Lipinski definition) is 2. The predicted octanol–water partition coefficient (Wildman–Crippen LogP) is 3.29. The van der Waals surface area contributed by atoms with Crippen molar-refractivity contribution in [3.8, 4) is 0 Å². The van der Waals surface area contributed by atoms with Gasteiger partial charge in [0.2, 0.25) is 10.0 Å². The predicted molar refractivity (Wildman–Crippen MR) is 136 cm³/mol. The van der Waals surface area contributed by atoms with Gasteiger partial charge in [0.15, 0.2) is 5.60 Å². The average Bonchev–Trinajstić information content (AvgIpc) is 2.85. The van der Waals surface area contributed by atoms with Gasteiger partial charge in [-0.15, -0.1) is 12.6 Å². The van der Waals surface area contributed by atoms with Crippen molar-refractivity contribution in [1.82, 2.24) is 9.21 Å². The van der Waals surface area contributed by atoms with E-state index in [4.69, 9.17) is 0 Å². The van der Waals surface area contributed by atoms with E-state index < -0.39 is 21.8 Å². The highest BCUT2D eigenvalue weighted by Crippen LogP contribution is 2.39. The number of halogens is 3. The Kier molecular flexibility index (Phi) is 7.97. The number of benzene rings is 2. The van der Waals surface area contributed by atoms with Crippen molar-refractivity contribution in [2.75, 3.05) is 44.2 Å². The maximum absolute atomic E-state index is 13.4. The molecule has 202 valence electrons. The summed E-state index contributed by atoms with van der Waals surface area (Å²) in [4.78, 5) is 16.3. The molecule has 1 unspecified atom stereocenters. The van der Waals surface area contributed by atoms with Crippen LogP contribution in [-0.2, 0) is 20.4 Å². The second-order valence-electron chi connectivity index (χ2n) is 9.63. The van der Waals surface area contributed by atoms with E-state index in [9.17, 15) is 31.5 Å². The fourth-order valence-corrected chi connectivity index (χ4v) is 6.84. The maximum atomic E-state index is 13.4. The van der Waals surface area contributed by atoms with E-state index in [0.717, 1.165) is 0 Å². The minimum absolute atomic E-state index is 0.118. The Bertz CT molecular complexity index is 1230. The van der Waals surface area contributed by atoms with Crippen LogP contribution in [-0.4, -0.2) is 80.0 Å². The number of carbonyl (C=O) groups excluding carboxylic acids is 1. The number of rotatable bonds is 6. The second-order valence-corrected chi connectivity index (χ2v) is 12.0. The van der Waals surface area contributed by atoms with Crippen molar-refractivity contribution in [3.05, 3.63) is 54.1 Å². The third-order valence-corrected chi connectivity index (χ3v) is 9.59. The lowest BCUT2D eigenvalue weighted by Crippen LogP contribution is -2.59. The molecule has 2 aromatic carbocycles. The Balaban J connectivity index is 1.60. The van der Waals surface area contributed by atoms with Crippen molar-refractivity contribution in [3.63, 3.8) is 0 Å². The molecule has 2 heterocycles. The van der Waals surface area contributed by atoms with Crippen LogP contribution in [0.1, 0.15) is 25.3 Å².